The Morgan fingerprint density at radius 1 is 1.07 bits per heavy atom. The number of aliphatic hydroxyl groups excluding tert-OH is 1. The predicted octanol–water partition coefficient (Wildman–Crippen LogP) is 5.89. The molecule has 150 valence electrons. The molecule has 0 saturated carbocycles. The van der Waals surface area contributed by atoms with Crippen molar-refractivity contribution in [2.24, 2.45) is 5.92 Å². The number of ether oxygens (including phenoxy) is 1. The SMILES string of the molecule is C=C(O)[C@H](C)CC(Cc1ccc(-c2ccccc2)cc1)NC(=O)OC(C)(C)C. The number of carbonyl (C=O) groups is 1. The van der Waals surface area contributed by atoms with E-state index in [0.29, 0.717) is 12.8 Å². The number of rotatable bonds is 7. The standard InChI is InChI=1S/C24H31NO3/c1-17(18(2)26)15-22(25-23(27)28-24(3,4)5)16-19-11-13-21(14-12-19)20-9-7-6-8-10-20/h6-14,17,22,26H,2,15-16H2,1,3-5H3,(H,25,27)/t17-,22?/m1/s1. The number of allylic oxidation sites excluding steroid dienone is 1. The zero-order chi connectivity index (χ0) is 20.7. The maximum absolute atomic E-state index is 12.2. The average Bonchev–Trinajstić information content (AvgIpc) is 2.61. The minimum absolute atomic E-state index is 0.121. The number of alkyl carbamates (subject to hydrolysis) is 1. The summed E-state index contributed by atoms with van der Waals surface area (Å²) < 4.78 is 5.39. The van der Waals surface area contributed by atoms with Crippen LogP contribution < -0.4 is 5.32 Å². The van der Waals surface area contributed by atoms with Crippen LogP contribution in [0.25, 0.3) is 11.1 Å². The van der Waals surface area contributed by atoms with Gasteiger partial charge >= 0.3 is 6.09 Å². The number of nitrogens with one attached hydrogen (secondary N) is 1. The van der Waals surface area contributed by atoms with Gasteiger partial charge in [-0.1, -0.05) is 68.1 Å². The van der Waals surface area contributed by atoms with E-state index in [0.717, 1.165) is 11.1 Å². The Morgan fingerprint density at radius 2 is 1.64 bits per heavy atom. The van der Waals surface area contributed by atoms with E-state index in [-0.39, 0.29) is 17.7 Å². The third kappa shape index (κ3) is 7.10. The van der Waals surface area contributed by atoms with E-state index in [9.17, 15) is 9.90 Å². The van der Waals surface area contributed by atoms with E-state index in [4.69, 9.17) is 4.74 Å². The first-order valence-corrected chi connectivity index (χ1v) is 9.65. The molecule has 0 spiro atoms. The summed E-state index contributed by atoms with van der Waals surface area (Å²) in [6.45, 7) is 11.0. The molecule has 0 aromatic heterocycles. The Hall–Kier alpha value is -2.75. The van der Waals surface area contributed by atoms with E-state index in [1.807, 2.05) is 45.9 Å². The molecule has 4 nitrogen and oxygen atoms in total. The Labute approximate surface area is 168 Å². The summed E-state index contributed by atoms with van der Waals surface area (Å²) in [6.07, 6.45) is 0.773. The monoisotopic (exact) mass is 381 g/mol. The zero-order valence-corrected chi connectivity index (χ0v) is 17.2. The summed E-state index contributed by atoms with van der Waals surface area (Å²) in [5.41, 5.74) is 2.87. The highest BCUT2D eigenvalue weighted by Gasteiger charge is 2.22. The smallest absolute Gasteiger partial charge is 0.407 e. The van der Waals surface area contributed by atoms with Gasteiger partial charge in [0.05, 0.1) is 5.76 Å². The van der Waals surface area contributed by atoms with Crippen LogP contribution in [0, 0.1) is 5.92 Å². The number of hydrogen-bond donors (Lipinski definition) is 2. The fourth-order valence-electron chi connectivity index (χ4n) is 2.98. The molecular weight excluding hydrogens is 350 g/mol. The van der Waals surface area contributed by atoms with Gasteiger partial charge < -0.3 is 15.2 Å². The van der Waals surface area contributed by atoms with Crippen LogP contribution in [0.3, 0.4) is 0 Å². The van der Waals surface area contributed by atoms with Gasteiger partial charge in [0.15, 0.2) is 0 Å². The highest BCUT2D eigenvalue weighted by molar-refractivity contribution is 5.68. The second kappa shape index (κ2) is 9.45. The quantitative estimate of drug-likeness (QED) is 0.588. The summed E-state index contributed by atoms with van der Waals surface area (Å²) in [5, 5.41) is 12.6. The van der Waals surface area contributed by atoms with Crippen LogP contribution in [0.4, 0.5) is 4.79 Å². The second-order valence-electron chi connectivity index (χ2n) is 8.24. The second-order valence-corrected chi connectivity index (χ2v) is 8.24. The normalized spacial score (nSPS) is 13.4. The number of amides is 1. The highest BCUT2D eigenvalue weighted by Crippen LogP contribution is 2.21. The molecule has 0 aliphatic carbocycles. The van der Waals surface area contributed by atoms with Crippen LogP contribution in [0.5, 0.6) is 0 Å². The molecule has 0 aliphatic rings. The summed E-state index contributed by atoms with van der Waals surface area (Å²) in [7, 11) is 0. The van der Waals surface area contributed by atoms with Gasteiger partial charge in [-0.3, -0.25) is 0 Å². The van der Waals surface area contributed by atoms with Crippen molar-refractivity contribution in [2.45, 2.75) is 52.2 Å². The summed E-state index contributed by atoms with van der Waals surface area (Å²) >= 11 is 0. The Morgan fingerprint density at radius 3 is 2.18 bits per heavy atom. The fourth-order valence-corrected chi connectivity index (χ4v) is 2.98. The highest BCUT2D eigenvalue weighted by atomic mass is 16.6. The molecule has 0 radical (unpaired) electrons. The van der Waals surface area contributed by atoms with E-state index >= 15 is 0 Å². The van der Waals surface area contributed by atoms with Crippen LogP contribution in [0.1, 0.15) is 39.7 Å². The largest absolute Gasteiger partial charge is 0.513 e. The fraction of sp³-hybridized carbons (Fsp3) is 0.375. The molecule has 2 aromatic rings. The van der Waals surface area contributed by atoms with Crippen molar-refractivity contribution in [1.29, 1.82) is 0 Å². The van der Waals surface area contributed by atoms with Crippen LogP contribution in [0.2, 0.25) is 0 Å². The van der Waals surface area contributed by atoms with Crippen molar-refractivity contribution < 1.29 is 14.6 Å². The maximum atomic E-state index is 12.2. The Balaban J connectivity index is 2.10. The summed E-state index contributed by atoms with van der Waals surface area (Å²) in [5.74, 6) is -0.000979. The molecule has 0 saturated heterocycles. The van der Waals surface area contributed by atoms with Gasteiger partial charge in [0.1, 0.15) is 5.60 Å². The third-order valence-corrected chi connectivity index (χ3v) is 4.47. The molecule has 1 amide bonds. The first-order chi connectivity index (χ1) is 13.1. The van der Waals surface area contributed by atoms with E-state index in [1.165, 1.54) is 5.56 Å². The lowest BCUT2D eigenvalue weighted by Gasteiger charge is -2.25. The van der Waals surface area contributed by atoms with Gasteiger partial charge in [0.2, 0.25) is 0 Å². The minimum Gasteiger partial charge on any atom is -0.513 e. The van der Waals surface area contributed by atoms with Crippen molar-refractivity contribution >= 4 is 6.09 Å². The lowest BCUT2D eigenvalue weighted by molar-refractivity contribution is 0.0497. The van der Waals surface area contributed by atoms with Gasteiger partial charge in [-0.15, -0.1) is 0 Å². The molecular formula is C24H31NO3. The first kappa shape index (κ1) is 21.5. The number of aliphatic hydroxyl groups is 1. The summed E-state index contributed by atoms with van der Waals surface area (Å²) in [6, 6.07) is 18.4. The van der Waals surface area contributed by atoms with Crippen LogP contribution in [0.15, 0.2) is 66.9 Å². The average molecular weight is 382 g/mol. The molecule has 0 bridgehead atoms. The molecule has 2 N–H and O–H groups in total. The molecule has 0 fully saturated rings. The first-order valence-electron chi connectivity index (χ1n) is 9.65. The van der Waals surface area contributed by atoms with Crippen molar-refractivity contribution in [3.05, 3.63) is 72.5 Å². The Kier molecular flexibility index (Phi) is 7.27. The van der Waals surface area contributed by atoms with E-state index < -0.39 is 11.7 Å². The van der Waals surface area contributed by atoms with Crippen LogP contribution in [-0.2, 0) is 11.2 Å². The number of hydrogen-bond acceptors (Lipinski definition) is 3. The number of carbonyl (C=O) groups excluding carboxylic acids is 1. The Bertz CT molecular complexity index is 776. The molecule has 2 rings (SSSR count). The van der Waals surface area contributed by atoms with Crippen molar-refractivity contribution in [1.82, 2.24) is 5.32 Å². The minimum atomic E-state index is -0.557. The van der Waals surface area contributed by atoms with Crippen LogP contribution in [-0.4, -0.2) is 22.8 Å². The lowest BCUT2D eigenvalue weighted by Crippen LogP contribution is -2.41. The molecule has 28 heavy (non-hydrogen) atoms. The van der Waals surface area contributed by atoms with Crippen molar-refractivity contribution in [2.75, 3.05) is 0 Å². The molecule has 0 aliphatic heterocycles. The number of benzene rings is 2. The molecule has 1 unspecified atom stereocenters. The van der Waals surface area contributed by atoms with Crippen LogP contribution >= 0.6 is 0 Å². The topological polar surface area (TPSA) is 58.6 Å². The maximum Gasteiger partial charge on any atom is 0.407 e. The van der Waals surface area contributed by atoms with Crippen molar-refractivity contribution in [3.63, 3.8) is 0 Å². The molecule has 4 heteroatoms. The molecule has 2 aromatic carbocycles. The lowest BCUT2D eigenvalue weighted by atomic mass is 9.94. The van der Waals surface area contributed by atoms with E-state index in [2.05, 4.69) is 48.3 Å². The van der Waals surface area contributed by atoms with Gasteiger partial charge in [-0.05, 0) is 50.3 Å². The van der Waals surface area contributed by atoms with Crippen molar-refractivity contribution in [3.8, 4) is 11.1 Å². The third-order valence-electron chi connectivity index (χ3n) is 4.47. The zero-order valence-electron chi connectivity index (χ0n) is 17.2. The van der Waals surface area contributed by atoms with Gasteiger partial charge in [0.25, 0.3) is 0 Å². The van der Waals surface area contributed by atoms with Gasteiger partial charge in [0, 0.05) is 12.0 Å². The summed E-state index contributed by atoms with van der Waals surface area (Å²) in [4.78, 5) is 12.2. The molecule has 2 atom stereocenters. The van der Waals surface area contributed by atoms with Gasteiger partial charge in [-0.25, -0.2) is 4.79 Å². The van der Waals surface area contributed by atoms with Gasteiger partial charge in [-0.2, -0.15) is 0 Å². The molecule has 0 heterocycles. The predicted molar refractivity (Wildman–Crippen MR) is 114 cm³/mol. The van der Waals surface area contributed by atoms with E-state index in [1.54, 1.807) is 0 Å².